The van der Waals surface area contributed by atoms with E-state index in [0.29, 0.717) is 12.3 Å². The number of fused-ring (bicyclic) bond motifs is 1. The quantitative estimate of drug-likeness (QED) is 0.785. The number of carbonyl (C=O) groups is 1. The van der Waals surface area contributed by atoms with Crippen LogP contribution in [0.4, 0.5) is 0 Å². The molecule has 0 unspecified atom stereocenters. The Balaban J connectivity index is 2.52. The van der Waals surface area contributed by atoms with Crippen molar-refractivity contribution in [1.82, 2.24) is 9.38 Å². The second-order valence-corrected chi connectivity index (χ2v) is 3.86. The molecule has 0 atom stereocenters. The summed E-state index contributed by atoms with van der Waals surface area (Å²) in [5.41, 5.74) is 1.21. The summed E-state index contributed by atoms with van der Waals surface area (Å²) in [5.74, 6) is -0.336. The van der Waals surface area contributed by atoms with Gasteiger partial charge in [0, 0.05) is 12.4 Å². The minimum atomic E-state index is -0.336. The minimum absolute atomic E-state index is 0.336. The molecule has 0 fully saturated rings. The Morgan fingerprint density at radius 2 is 2.40 bits per heavy atom. The second-order valence-electron chi connectivity index (χ2n) is 2.94. The van der Waals surface area contributed by atoms with Crippen LogP contribution < -0.4 is 0 Å². The number of hydrogen-bond acceptors (Lipinski definition) is 3. The third-order valence-electron chi connectivity index (χ3n) is 1.95. The lowest BCUT2D eigenvalue weighted by Gasteiger charge is -2.02. The van der Waals surface area contributed by atoms with Crippen LogP contribution in [0.2, 0.25) is 0 Å². The fraction of sp³-hybridized carbons (Fsp3) is 0.200. The van der Waals surface area contributed by atoms with Crippen molar-refractivity contribution >= 4 is 27.5 Å². The molecule has 0 aliphatic rings. The van der Waals surface area contributed by atoms with Gasteiger partial charge in [-0.05, 0) is 35.0 Å². The van der Waals surface area contributed by atoms with E-state index in [1.165, 1.54) is 0 Å². The molecule has 2 aromatic heterocycles. The number of ether oxygens (including phenoxy) is 1. The first kappa shape index (κ1) is 10.2. The number of aromatic nitrogens is 2. The van der Waals surface area contributed by atoms with E-state index in [-0.39, 0.29) is 5.97 Å². The first-order valence-electron chi connectivity index (χ1n) is 4.52. The van der Waals surface area contributed by atoms with Crippen molar-refractivity contribution in [2.45, 2.75) is 6.92 Å². The van der Waals surface area contributed by atoms with E-state index in [2.05, 4.69) is 20.9 Å². The lowest BCUT2D eigenvalue weighted by Crippen LogP contribution is -2.08. The number of esters is 1. The normalized spacial score (nSPS) is 10.5. The molecule has 2 aromatic rings. The number of carbonyl (C=O) groups excluding carboxylic acids is 1. The highest BCUT2D eigenvalue weighted by Gasteiger charge is 2.11. The van der Waals surface area contributed by atoms with E-state index in [0.717, 1.165) is 10.1 Å². The van der Waals surface area contributed by atoms with Crippen LogP contribution in [-0.4, -0.2) is 22.0 Å². The Morgan fingerprint density at radius 3 is 3.13 bits per heavy atom. The number of nitrogens with zero attached hydrogens (tertiary/aromatic N) is 2. The standard InChI is InChI=1S/C10H9BrN2O2/c1-2-15-10(14)8-3-4-9-12-5-7(11)6-13(8)9/h3-6H,2H2,1H3. The van der Waals surface area contributed by atoms with Crippen molar-refractivity contribution in [3.05, 3.63) is 34.7 Å². The van der Waals surface area contributed by atoms with Gasteiger partial charge in [0.1, 0.15) is 11.3 Å². The van der Waals surface area contributed by atoms with E-state index in [1.54, 1.807) is 35.9 Å². The van der Waals surface area contributed by atoms with Gasteiger partial charge in [0.2, 0.25) is 0 Å². The molecular formula is C10H9BrN2O2. The molecule has 15 heavy (non-hydrogen) atoms. The summed E-state index contributed by atoms with van der Waals surface area (Å²) < 4.78 is 7.44. The smallest absolute Gasteiger partial charge is 0.355 e. The highest BCUT2D eigenvalue weighted by molar-refractivity contribution is 9.10. The number of hydrogen-bond donors (Lipinski definition) is 0. The molecule has 0 aliphatic heterocycles. The summed E-state index contributed by atoms with van der Waals surface area (Å²) in [4.78, 5) is 15.7. The Morgan fingerprint density at radius 1 is 1.60 bits per heavy atom. The van der Waals surface area contributed by atoms with E-state index >= 15 is 0 Å². The maximum absolute atomic E-state index is 11.5. The predicted molar refractivity (Wildman–Crippen MR) is 58.8 cm³/mol. The lowest BCUT2D eigenvalue weighted by molar-refractivity contribution is 0.0518. The molecule has 0 radical (unpaired) electrons. The Kier molecular flexibility index (Phi) is 2.73. The molecule has 0 aliphatic carbocycles. The van der Waals surface area contributed by atoms with Crippen molar-refractivity contribution < 1.29 is 9.53 Å². The first-order chi connectivity index (χ1) is 7.22. The van der Waals surface area contributed by atoms with Crippen molar-refractivity contribution in [1.29, 1.82) is 0 Å². The van der Waals surface area contributed by atoms with Gasteiger partial charge in [-0.2, -0.15) is 0 Å². The SMILES string of the molecule is CCOC(=O)c1ccc2ncc(Br)cn12. The van der Waals surface area contributed by atoms with Crippen LogP contribution >= 0.6 is 15.9 Å². The average molecular weight is 269 g/mol. The molecule has 4 nitrogen and oxygen atoms in total. The van der Waals surface area contributed by atoms with Gasteiger partial charge < -0.3 is 4.74 Å². The Bertz CT molecular complexity index is 507. The maximum Gasteiger partial charge on any atom is 0.355 e. The molecule has 2 rings (SSSR count). The first-order valence-corrected chi connectivity index (χ1v) is 5.31. The van der Waals surface area contributed by atoms with Gasteiger partial charge in [0.05, 0.1) is 11.1 Å². The Hall–Kier alpha value is -1.36. The van der Waals surface area contributed by atoms with Crippen molar-refractivity contribution in [3.8, 4) is 0 Å². The summed E-state index contributed by atoms with van der Waals surface area (Å²) in [6, 6.07) is 3.48. The fourth-order valence-corrected chi connectivity index (χ4v) is 1.64. The van der Waals surface area contributed by atoms with E-state index in [4.69, 9.17) is 4.74 Å². The molecule has 5 heteroatoms. The largest absolute Gasteiger partial charge is 0.461 e. The van der Waals surface area contributed by atoms with Gasteiger partial charge in [-0.15, -0.1) is 0 Å². The lowest BCUT2D eigenvalue weighted by atomic mass is 10.4. The van der Waals surface area contributed by atoms with Crippen molar-refractivity contribution in [2.75, 3.05) is 6.61 Å². The van der Waals surface area contributed by atoms with E-state index in [1.807, 2.05) is 0 Å². The van der Waals surface area contributed by atoms with Crippen LogP contribution in [0, 0.1) is 0 Å². The zero-order chi connectivity index (χ0) is 10.8. The molecule has 0 aromatic carbocycles. The molecule has 0 saturated carbocycles. The predicted octanol–water partition coefficient (Wildman–Crippen LogP) is 2.27. The summed E-state index contributed by atoms with van der Waals surface area (Å²) in [6.45, 7) is 2.15. The minimum Gasteiger partial charge on any atom is -0.461 e. The van der Waals surface area contributed by atoms with Crippen LogP contribution in [-0.2, 0) is 4.74 Å². The zero-order valence-corrected chi connectivity index (χ0v) is 9.69. The Labute approximate surface area is 95.0 Å². The molecule has 2 heterocycles. The molecule has 0 spiro atoms. The summed E-state index contributed by atoms with van der Waals surface area (Å²) in [6.07, 6.45) is 3.47. The van der Waals surface area contributed by atoms with E-state index in [9.17, 15) is 4.79 Å². The van der Waals surface area contributed by atoms with Crippen LogP contribution in [0.5, 0.6) is 0 Å². The van der Waals surface area contributed by atoms with Crippen LogP contribution in [0.15, 0.2) is 29.0 Å². The molecule has 0 N–H and O–H groups in total. The highest BCUT2D eigenvalue weighted by Crippen LogP contribution is 2.13. The second kappa shape index (κ2) is 4.02. The number of halogens is 1. The average Bonchev–Trinajstić information content (AvgIpc) is 2.60. The molecule has 0 saturated heterocycles. The molecule has 78 valence electrons. The summed E-state index contributed by atoms with van der Waals surface area (Å²) in [7, 11) is 0. The van der Waals surface area contributed by atoms with E-state index < -0.39 is 0 Å². The molecule has 0 amide bonds. The zero-order valence-electron chi connectivity index (χ0n) is 8.11. The van der Waals surface area contributed by atoms with Crippen LogP contribution in [0.25, 0.3) is 5.65 Å². The van der Waals surface area contributed by atoms with Gasteiger partial charge in [0.15, 0.2) is 0 Å². The third kappa shape index (κ3) is 1.87. The van der Waals surface area contributed by atoms with Crippen LogP contribution in [0.1, 0.15) is 17.4 Å². The summed E-state index contributed by atoms with van der Waals surface area (Å²) in [5, 5.41) is 0. The monoisotopic (exact) mass is 268 g/mol. The van der Waals surface area contributed by atoms with Gasteiger partial charge in [0.25, 0.3) is 0 Å². The molecular weight excluding hydrogens is 260 g/mol. The highest BCUT2D eigenvalue weighted by atomic mass is 79.9. The van der Waals surface area contributed by atoms with Crippen LogP contribution in [0.3, 0.4) is 0 Å². The van der Waals surface area contributed by atoms with Crippen molar-refractivity contribution in [3.63, 3.8) is 0 Å². The van der Waals surface area contributed by atoms with Gasteiger partial charge >= 0.3 is 5.97 Å². The number of rotatable bonds is 2. The van der Waals surface area contributed by atoms with Gasteiger partial charge in [-0.1, -0.05) is 0 Å². The third-order valence-corrected chi connectivity index (χ3v) is 2.36. The summed E-state index contributed by atoms with van der Waals surface area (Å²) >= 11 is 3.30. The molecule has 0 bridgehead atoms. The topological polar surface area (TPSA) is 43.6 Å². The van der Waals surface area contributed by atoms with Gasteiger partial charge in [-0.3, -0.25) is 4.40 Å². The fourth-order valence-electron chi connectivity index (χ4n) is 1.33. The maximum atomic E-state index is 11.5. The van der Waals surface area contributed by atoms with Gasteiger partial charge in [-0.25, -0.2) is 9.78 Å². The van der Waals surface area contributed by atoms with Crippen molar-refractivity contribution in [2.24, 2.45) is 0 Å².